The van der Waals surface area contributed by atoms with Crippen LogP contribution in [-0.2, 0) is 7.05 Å². The van der Waals surface area contributed by atoms with Crippen LogP contribution in [0.4, 0.5) is 0 Å². The number of rotatable bonds is 4. The number of nitrogens with zero attached hydrogens (tertiary/aromatic N) is 3. The summed E-state index contributed by atoms with van der Waals surface area (Å²) in [5.74, 6) is 0. The molecule has 0 unspecified atom stereocenters. The molecule has 0 saturated carbocycles. The lowest BCUT2D eigenvalue weighted by Gasteiger charge is -2.19. The standard InChI is InChI=1S/C15H14ClN3O2/c1-9(6-17)14(20)15(21)12-4-3-11(16)5-13(12)10-7-18-19(2)8-10/h3-5,7-8,14-15,20-21H,1H2,2H3/t14-,15-/m1/s1. The van der Waals surface area contributed by atoms with Gasteiger partial charge in [0.2, 0.25) is 0 Å². The molecule has 0 bridgehead atoms. The summed E-state index contributed by atoms with van der Waals surface area (Å²) in [6.07, 6.45) is 0.761. The average molecular weight is 304 g/mol. The molecule has 21 heavy (non-hydrogen) atoms. The van der Waals surface area contributed by atoms with Gasteiger partial charge in [-0.15, -0.1) is 0 Å². The van der Waals surface area contributed by atoms with E-state index in [0.29, 0.717) is 16.1 Å². The first-order chi connectivity index (χ1) is 9.93. The van der Waals surface area contributed by atoms with Crippen LogP contribution in [0.5, 0.6) is 0 Å². The van der Waals surface area contributed by atoms with Crippen molar-refractivity contribution in [3.63, 3.8) is 0 Å². The van der Waals surface area contributed by atoms with E-state index in [2.05, 4.69) is 11.7 Å². The van der Waals surface area contributed by atoms with Crippen molar-refractivity contribution in [3.05, 3.63) is 53.3 Å². The van der Waals surface area contributed by atoms with Crippen molar-refractivity contribution in [2.75, 3.05) is 0 Å². The number of nitriles is 1. The summed E-state index contributed by atoms with van der Waals surface area (Å²) in [5, 5.41) is 33.6. The fraction of sp³-hybridized carbons (Fsp3) is 0.200. The molecule has 2 atom stereocenters. The van der Waals surface area contributed by atoms with Crippen molar-refractivity contribution in [3.8, 4) is 17.2 Å². The Morgan fingerprint density at radius 3 is 2.76 bits per heavy atom. The number of hydrogen-bond acceptors (Lipinski definition) is 4. The Hall–Kier alpha value is -2.13. The molecule has 0 aliphatic carbocycles. The number of hydrogen-bond donors (Lipinski definition) is 2. The fourth-order valence-corrected chi connectivity index (χ4v) is 2.20. The molecule has 0 spiro atoms. The van der Waals surface area contributed by atoms with E-state index in [-0.39, 0.29) is 5.57 Å². The zero-order chi connectivity index (χ0) is 15.6. The predicted molar refractivity (Wildman–Crippen MR) is 79.4 cm³/mol. The second-order valence-electron chi connectivity index (χ2n) is 4.66. The van der Waals surface area contributed by atoms with Crippen LogP contribution in [-0.4, -0.2) is 26.1 Å². The topological polar surface area (TPSA) is 82.1 Å². The Morgan fingerprint density at radius 1 is 1.48 bits per heavy atom. The predicted octanol–water partition coefficient (Wildman–Crippen LogP) is 2.21. The van der Waals surface area contributed by atoms with Gasteiger partial charge < -0.3 is 10.2 Å². The SMILES string of the molecule is C=C(C#N)[C@@H](O)[C@H](O)c1ccc(Cl)cc1-c1cnn(C)c1. The highest BCUT2D eigenvalue weighted by molar-refractivity contribution is 6.30. The maximum atomic E-state index is 10.3. The summed E-state index contributed by atoms with van der Waals surface area (Å²) in [4.78, 5) is 0. The Kier molecular flexibility index (Phi) is 4.43. The van der Waals surface area contributed by atoms with Crippen LogP contribution in [0.3, 0.4) is 0 Å². The van der Waals surface area contributed by atoms with Crippen molar-refractivity contribution in [2.24, 2.45) is 7.05 Å². The minimum Gasteiger partial charge on any atom is -0.385 e. The van der Waals surface area contributed by atoms with E-state index >= 15 is 0 Å². The number of aliphatic hydroxyl groups excluding tert-OH is 2. The second kappa shape index (κ2) is 6.10. The van der Waals surface area contributed by atoms with Crippen LogP contribution in [0, 0.1) is 11.3 Å². The lowest BCUT2D eigenvalue weighted by molar-refractivity contribution is 0.0444. The zero-order valence-corrected chi connectivity index (χ0v) is 12.1. The third-order valence-corrected chi connectivity index (χ3v) is 3.38. The fourth-order valence-electron chi connectivity index (χ4n) is 2.02. The molecule has 2 rings (SSSR count). The number of aliphatic hydroxyl groups is 2. The van der Waals surface area contributed by atoms with Crippen molar-refractivity contribution in [2.45, 2.75) is 12.2 Å². The van der Waals surface area contributed by atoms with Crippen molar-refractivity contribution in [1.82, 2.24) is 9.78 Å². The highest BCUT2D eigenvalue weighted by atomic mass is 35.5. The quantitative estimate of drug-likeness (QED) is 0.848. The van der Waals surface area contributed by atoms with Crippen molar-refractivity contribution >= 4 is 11.6 Å². The highest BCUT2D eigenvalue weighted by Crippen LogP contribution is 2.33. The molecule has 6 heteroatoms. The summed E-state index contributed by atoms with van der Waals surface area (Å²) in [6, 6.07) is 6.65. The number of aryl methyl sites for hydroxylation is 1. The molecule has 1 aromatic heterocycles. The third-order valence-electron chi connectivity index (χ3n) is 3.15. The molecular weight excluding hydrogens is 290 g/mol. The average Bonchev–Trinajstić information content (AvgIpc) is 2.91. The van der Waals surface area contributed by atoms with Gasteiger partial charge in [0.05, 0.1) is 17.8 Å². The van der Waals surface area contributed by atoms with Gasteiger partial charge in [-0.3, -0.25) is 4.68 Å². The van der Waals surface area contributed by atoms with E-state index in [4.69, 9.17) is 16.9 Å². The van der Waals surface area contributed by atoms with Gasteiger partial charge in [0, 0.05) is 23.8 Å². The molecule has 0 aliphatic heterocycles. The summed E-state index contributed by atoms with van der Waals surface area (Å²) < 4.78 is 1.62. The highest BCUT2D eigenvalue weighted by Gasteiger charge is 2.24. The molecule has 0 radical (unpaired) electrons. The van der Waals surface area contributed by atoms with Gasteiger partial charge in [-0.25, -0.2) is 0 Å². The number of benzene rings is 1. The van der Waals surface area contributed by atoms with Gasteiger partial charge in [0.25, 0.3) is 0 Å². The molecule has 1 aromatic carbocycles. The molecule has 108 valence electrons. The lowest BCUT2D eigenvalue weighted by Crippen LogP contribution is -2.20. The van der Waals surface area contributed by atoms with E-state index in [1.807, 2.05) is 0 Å². The summed E-state index contributed by atoms with van der Waals surface area (Å²) in [5.41, 5.74) is 1.75. The van der Waals surface area contributed by atoms with E-state index in [9.17, 15) is 10.2 Å². The van der Waals surface area contributed by atoms with Gasteiger partial charge in [-0.05, 0) is 23.3 Å². The van der Waals surface area contributed by atoms with Gasteiger partial charge in [-0.1, -0.05) is 24.2 Å². The van der Waals surface area contributed by atoms with E-state index in [1.54, 1.807) is 48.4 Å². The second-order valence-corrected chi connectivity index (χ2v) is 5.10. The maximum absolute atomic E-state index is 10.3. The normalized spacial score (nSPS) is 13.5. The first kappa shape index (κ1) is 15.3. The van der Waals surface area contributed by atoms with Gasteiger partial charge in [0.15, 0.2) is 0 Å². The zero-order valence-electron chi connectivity index (χ0n) is 11.4. The Balaban J connectivity index is 2.49. The van der Waals surface area contributed by atoms with Crippen LogP contribution < -0.4 is 0 Å². The summed E-state index contributed by atoms with van der Waals surface area (Å²) >= 11 is 6.01. The van der Waals surface area contributed by atoms with Crippen molar-refractivity contribution in [1.29, 1.82) is 5.26 Å². The molecule has 0 aliphatic rings. The van der Waals surface area contributed by atoms with Crippen LogP contribution in [0.25, 0.3) is 11.1 Å². The Bertz CT molecular complexity index is 718. The Labute approximate surface area is 127 Å². The largest absolute Gasteiger partial charge is 0.385 e. The lowest BCUT2D eigenvalue weighted by atomic mass is 9.93. The minimum atomic E-state index is -1.37. The smallest absolute Gasteiger partial charge is 0.118 e. The number of aromatic nitrogens is 2. The molecule has 1 heterocycles. The minimum absolute atomic E-state index is 0.102. The summed E-state index contributed by atoms with van der Waals surface area (Å²) in [7, 11) is 1.77. The van der Waals surface area contributed by atoms with E-state index in [1.165, 1.54) is 0 Å². The van der Waals surface area contributed by atoms with Crippen LogP contribution >= 0.6 is 11.6 Å². The van der Waals surface area contributed by atoms with Gasteiger partial charge in [-0.2, -0.15) is 10.4 Å². The van der Waals surface area contributed by atoms with Crippen LogP contribution in [0.1, 0.15) is 11.7 Å². The molecule has 0 saturated heterocycles. The molecule has 0 fully saturated rings. The van der Waals surface area contributed by atoms with Crippen molar-refractivity contribution < 1.29 is 10.2 Å². The van der Waals surface area contributed by atoms with Gasteiger partial charge >= 0.3 is 0 Å². The first-order valence-corrected chi connectivity index (χ1v) is 6.55. The molecule has 0 amide bonds. The number of halogens is 1. The third kappa shape index (κ3) is 3.14. The molecule has 5 nitrogen and oxygen atoms in total. The van der Waals surface area contributed by atoms with Gasteiger partial charge in [0.1, 0.15) is 12.2 Å². The molecule has 2 aromatic rings. The monoisotopic (exact) mass is 303 g/mol. The Morgan fingerprint density at radius 2 is 2.19 bits per heavy atom. The van der Waals surface area contributed by atoms with Crippen LogP contribution in [0.15, 0.2) is 42.7 Å². The first-order valence-electron chi connectivity index (χ1n) is 6.17. The molecular formula is C15H14ClN3O2. The molecule has 2 N–H and O–H groups in total. The van der Waals surface area contributed by atoms with Crippen LogP contribution in [0.2, 0.25) is 5.02 Å². The van der Waals surface area contributed by atoms with E-state index in [0.717, 1.165) is 5.56 Å². The van der Waals surface area contributed by atoms with E-state index < -0.39 is 12.2 Å². The summed E-state index contributed by atoms with van der Waals surface area (Å²) in [6.45, 7) is 3.43. The maximum Gasteiger partial charge on any atom is 0.118 e.